The van der Waals surface area contributed by atoms with Crippen molar-refractivity contribution in [3.63, 3.8) is 0 Å². The van der Waals surface area contributed by atoms with Gasteiger partial charge in [0, 0.05) is 18.3 Å². The van der Waals surface area contributed by atoms with E-state index in [0.717, 1.165) is 15.6 Å². The summed E-state index contributed by atoms with van der Waals surface area (Å²) in [5, 5.41) is 5.86. The lowest BCUT2D eigenvalue weighted by molar-refractivity contribution is -0.115. The van der Waals surface area contributed by atoms with Crippen LogP contribution in [-0.4, -0.2) is 34.7 Å². The predicted molar refractivity (Wildman–Crippen MR) is 99.7 cm³/mol. The van der Waals surface area contributed by atoms with Crippen LogP contribution in [0.2, 0.25) is 0 Å². The Morgan fingerprint density at radius 2 is 1.92 bits per heavy atom. The van der Waals surface area contributed by atoms with Gasteiger partial charge in [-0.3, -0.25) is 0 Å². The third-order valence-corrected chi connectivity index (χ3v) is 4.49. The molecule has 0 radical (unpaired) electrons. The lowest BCUT2D eigenvalue weighted by Gasteiger charge is -2.13. The summed E-state index contributed by atoms with van der Waals surface area (Å²) in [6, 6.07) is 0. The Morgan fingerprint density at radius 1 is 1.19 bits per heavy atom. The molecule has 2 aromatic rings. The first kappa shape index (κ1) is 19.9. The summed E-state index contributed by atoms with van der Waals surface area (Å²) in [5.74, 6) is 0.361. The number of anilines is 2. The van der Waals surface area contributed by atoms with Crippen molar-refractivity contribution in [2.75, 3.05) is 24.2 Å². The summed E-state index contributed by atoms with van der Waals surface area (Å²) < 4.78 is 37.2. The first-order chi connectivity index (χ1) is 12.2. The second kappa shape index (κ2) is 8.31. The van der Waals surface area contributed by atoms with Crippen LogP contribution in [0.4, 0.5) is 24.9 Å². The summed E-state index contributed by atoms with van der Waals surface area (Å²) >= 11 is 1.50. The topological polar surface area (TPSA) is 62.7 Å². The van der Waals surface area contributed by atoms with Gasteiger partial charge in [-0.05, 0) is 13.8 Å². The van der Waals surface area contributed by atoms with Crippen LogP contribution in [0.5, 0.6) is 0 Å². The molecule has 0 bridgehead atoms. The van der Waals surface area contributed by atoms with Gasteiger partial charge in [0.2, 0.25) is 5.95 Å². The van der Waals surface area contributed by atoms with Gasteiger partial charge in [-0.1, -0.05) is 24.8 Å². The van der Waals surface area contributed by atoms with Gasteiger partial charge in [0.25, 0.3) is 0 Å². The highest BCUT2D eigenvalue weighted by Crippen LogP contribution is 2.34. The van der Waals surface area contributed by atoms with Crippen LogP contribution in [-0.2, 0) is 6.42 Å². The molecule has 0 aromatic carbocycles. The molecule has 2 aromatic heterocycles. The van der Waals surface area contributed by atoms with Gasteiger partial charge in [-0.25, -0.2) is 9.97 Å². The molecule has 0 aliphatic carbocycles. The molecule has 2 heterocycles. The summed E-state index contributed by atoms with van der Waals surface area (Å²) in [6.45, 7) is 6.15. The van der Waals surface area contributed by atoms with Gasteiger partial charge in [0.1, 0.15) is 17.4 Å². The number of hydrogen-bond acceptors (Lipinski definition) is 6. The van der Waals surface area contributed by atoms with Gasteiger partial charge in [-0.2, -0.15) is 18.2 Å². The van der Waals surface area contributed by atoms with Crippen LogP contribution in [0.25, 0.3) is 10.6 Å². The first-order valence-corrected chi connectivity index (χ1v) is 8.68. The zero-order valence-electron chi connectivity index (χ0n) is 14.7. The SMILES string of the molecule is C=C/C=C\Cc1nc(-c2c(C)nc(NCC(F)(F)F)nc2NC)sc1C. The van der Waals surface area contributed by atoms with Crippen LogP contribution in [0.1, 0.15) is 16.3 Å². The molecule has 0 unspecified atom stereocenters. The van der Waals surface area contributed by atoms with Crippen molar-refractivity contribution in [1.82, 2.24) is 15.0 Å². The highest BCUT2D eigenvalue weighted by Gasteiger charge is 2.27. The summed E-state index contributed by atoms with van der Waals surface area (Å²) in [4.78, 5) is 14.0. The van der Waals surface area contributed by atoms with E-state index in [2.05, 4.69) is 32.2 Å². The second-order valence-electron chi connectivity index (χ2n) is 5.46. The fourth-order valence-electron chi connectivity index (χ4n) is 2.27. The number of alkyl halides is 3. The zero-order chi connectivity index (χ0) is 19.3. The fourth-order valence-corrected chi connectivity index (χ4v) is 3.31. The number of hydrogen-bond donors (Lipinski definition) is 2. The summed E-state index contributed by atoms with van der Waals surface area (Å²) in [5.41, 5.74) is 2.18. The van der Waals surface area contributed by atoms with E-state index in [1.54, 1.807) is 20.0 Å². The minimum atomic E-state index is -4.34. The Morgan fingerprint density at radius 3 is 2.54 bits per heavy atom. The first-order valence-electron chi connectivity index (χ1n) is 7.86. The maximum Gasteiger partial charge on any atom is 0.405 e. The summed E-state index contributed by atoms with van der Waals surface area (Å²) in [7, 11) is 1.66. The van der Waals surface area contributed by atoms with E-state index in [-0.39, 0.29) is 5.95 Å². The molecular formula is C17H20F3N5S. The molecule has 0 saturated heterocycles. The van der Waals surface area contributed by atoms with E-state index in [1.165, 1.54) is 11.3 Å². The Balaban J connectivity index is 2.36. The van der Waals surface area contributed by atoms with E-state index in [1.807, 2.05) is 19.1 Å². The Hall–Kier alpha value is -2.42. The molecule has 0 fully saturated rings. The Kier molecular flexibility index (Phi) is 6.36. The van der Waals surface area contributed by atoms with Gasteiger partial charge >= 0.3 is 6.18 Å². The Bertz CT molecular complexity index is 811. The van der Waals surface area contributed by atoms with Gasteiger partial charge in [-0.15, -0.1) is 11.3 Å². The normalized spacial score (nSPS) is 11.8. The predicted octanol–water partition coefficient (Wildman–Crippen LogP) is 4.52. The molecule has 9 heteroatoms. The van der Waals surface area contributed by atoms with Crippen molar-refractivity contribution < 1.29 is 13.2 Å². The van der Waals surface area contributed by atoms with Crippen molar-refractivity contribution in [3.8, 4) is 10.6 Å². The van der Waals surface area contributed by atoms with Crippen LogP contribution in [0.15, 0.2) is 24.8 Å². The molecule has 26 heavy (non-hydrogen) atoms. The Labute approximate surface area is 154 Å². The molecule has 0 aliphatic heterocycles. The molecule has 0 amide bonds. The van der Waals surface area contributed by atoms with Crippen molar-refractivity contribution >= 4 is 23.1 Å². The largest absolute Gasteiger partial charge is 0.405 e. The number of nitrogens with one attached hydrogen (secondary N) is 2. The monoisotopic (exact) mass is 383 g/mol. The van der Waals surface area contributed by atoms with Crippen molar-refractivity contribution in [3.05, 3.63) is 41.1 Å². The third-order valence-electron chi connectivity index (χ3n) is 3.46. The highest BCUT2D eigenvalue weighted by molar-refractivity contribution is 7.15. The number of aryl methyl sites for hydroxylation is 2. The highest BCUT2D eigenvalue weighted by atomic mass is 32.1. The average molecular weight is 383 g/mol. The van der Waals surface area contributed by atoms with Gasteiger partial charge in [0.15, 0.2) is 0 Å². The van der Waals surface area contributed by atoms with Gasteiger partial charge in [0.05, 0.1) is 17.0 Å². The minimum absolute atomic E-state index is 0.0738. The minimum Gasteiger partial charge on any atom is -0.372 e. The van der Waals surface area contributed by atoms with Crippen molar-refractivity contribution in [2.24, 2.45) is 0 Å². The second-order valence-corrected chi connectivity index (χ2v) is 6.67. The molecule has 0 aliphatic rings. The molecule has 5 nitrogen and oxygen atoms in total. The van der Waals surface area contributed by atoms with Crippen LogP contribution >= 0.6 is 11.3 Å². The molecule has 2 N–H and O–H groups in total. The number of halogens is 3. The van der Waals surface area contributed by atoms with Crippen LogP contribution in [0, 0.1) is 13.8 Å². The van der Waals surface area contributed by atoms with Crippen molar-refractivity contribution in [1.29, 1.82) is 0 Å². The average Bonchev–Trinajstić information content (AvgIpc) is 2.92. The quantitative estimate of drug-likeness (QED) is 0.689. The number of nitrogens with zero attached hydrogens (tertiary/aromatic N) is 3. The van der Waals surface area contributed by atoms with Gasteiger partial charge < -0.3 is 10.6 Å². The zero-order valence-corrected chi connectivity index (χ0v) is 15.6. The van der Waals surface area contributed by atoms with E-state index in [9.17, 15) is 13.2 Å². The molecule has 140 valence electrons. The number of aromatic nitrogens is 3. The van der Waals surface area contributed by atoms with E-state index >= 15 is 0 Å². The van der Waals surface area contributed by atoms with E-state index < -0.39 is 12.7 Å². The smallest absolute Gasteiger partial charge is 0.372 e. The van der Waals surface area contributed by atoms with Crippen LogP contribution < -0.4 is 10.6 Å². The lowest BCUT2D eigenvalue weighted by Crippen LogP contribution is -2.22. The van der Waals surface area contributed by atoms with Crippen molar-refractivity contribution in [2.45, 2.75) is 26.4 Å². The summed E-state index contributed by atoms with van der Waals surface area (Å²) in [6.07, 6.45) is 1.86. The molecule has 0 saturated carbocycles. The number of thiazole rings is 1. The number of allylic oxidation sites excluding steroid dienone is 3. The molecule has 0 spiro atoms. The maximum atomic E-state index is 12.4. The number of rotatable bonds is 7. The lowest BCUT2D eigenvalue weighted by atomic mass is 10.2. The molecule has 2 rings (SSSR count). The standard InChI is InChI=1S/C17H20F3N5S/c1-5-6-7-8-12-11(3)26-15(24-12)13-10(2)23-16(25-14(13)21-4)22-9-17(18,19)20/h5-7H,1,8-9H2,2-4H3,(H2,21,22,23,25)/b7-6-. The van der Waals surface area contributed by atoms with E-state index in [0.29, 0.717) is 23.5 Å². The fraction of sp³-hybridized carbons (Fsp3) is 0.353. The van der Waals surface area contributed by atoms with E-state index in [4.69, 9.17) is 0 Å². The van der Waals surface area contributed by atoms with Crippen LogP contribution in [0.3, 0.4) is 0 Å². The maximum absolute atomic E-state index is 12.4. The third kappa shape index (κ3) is 5.04. The molecule has 0 atom stereocenters. The molecular weight excluding hydrogens is 363 g/mol.